The van der Waals surface area contributed by atoms with Gasteiger partial charge in [-0.25, -0.2) is 8.78 Å². The number of halogens is 3. The third-order valence-corrected chi connectivity index (χ3v) is 6.33. The Morgan fingerprint density at radius 2 is 1.83 bits per heavy atom. The third-order valence-electron chi connectivity index (χ3n) is 6.33. The van der Waals surface area contributed by atoms with Gasteiger partial charge in [0.25, 0.3) is 0 Å². The number of methoxy groups -OCH3 is 1. The molecule has 2 heterocycles. The molecule has 0 saturated carbocycles. The number of aryl methyl sites for hydroxylation is 1. The zero-order valence-corrected chi connectivity index (χ0v) is 18.0. The fourth-order valence-corrected chi connectivity index (χ4v) is 4.89. The lowest BCUT2D eigenvalue weighted by Gasteiger charge is -2.27. The average Bonchev–Trinajstić information content (AvgIpc) is 3.24. The van der Waals surface area contributed by atoms with Gasteiger partial charge in [0.1, 0.15) is 17.4 Å². The lowest BCUT2D eigenvalue weighted by atomic mass is 9.89. The van der Waals surface area contributed by atoms with Crippen LogP contribution in [0.25, 0.3) is 0 Å². The molecule has 1 amide bonds. The molecule has 2 aromatic carbocycles. The number of ether oxygens (including phenoxy) is 1. The first-order valence-corrected chi connectivity index (χ1v) is 10.0. The van der Waals surface area contributed by atoms with Crippen LogP contribution < -0.4 is 4.74 Å². The Morgan fingerprint density at radius 3 is 2.50 bits per heavy atom. The molecule has 2 aliphatic heterocycles. The van der Waals surface area contributed by atoms with Crippen molar-refractivity contribution in [3.63, 3.8) is 0 Å². The summed E-state index contributed by atoms with van der Waals surface area (Å²) in [5, 5.41) is 0. The van der Waals surface area contributed by atoms with Crippen LogP contribution in [0.1, 0.15) is 23.6 Å². The molecule has 2 fully saturated rings. The number of likely N-dealkylation sites (tertiary alicyclic amines) is 2. The lowest BCUT2D eigenvalue weighted by molar-refractivity contribution is -0.130. The van der Waals surface area contributed by atoms with E-state index in [0.717, 1.165) is 31.5 Å². The standard InChI is InChI=1S/C23H26F2N2O2.ClH/c1-26-12-17-13-27(22(28)10-6-15-3-7-18(24)11-21(15)25)14-20(17)23(26)16-4-8-19(29-2)9-5-16;/h3-5,7-9,11,17,20,23H,6,10,12-14H2,1-2H3;1H/t17-,20+,23-;/m0./s1. The molecular formula is C23H27ClF2N2O2. The number of hydrogen-bond acceptors (Lipinski definition) is 3. The Hall–Kier alpha value is -2.18. The van der Waals surface area contributed by atoms with Crippen LogP contribution in [-0.2, 0) is 11.2 Å². The first kappa shape index (κ1) is 22.5. The monoisotopic (exact) mass is 436 g/mol. The van der Waals surface area contributed by atoms with Gasteiger partial charge < -0.3 is 9.64 Å². The summed E-state index contributed by atoms with van der Waals surface area (Å²) in [6, 6.07) is 12.0. The fourth-order valence-electron chi connectivity index (χ4n) is 4.89. The molecule has 0 spiro atoms. The first-order valence-electron chi connectivity index (χ1n) is 10.0. The molecule has 7 heteroatoms. The average molecular weight is 437 g/mol. The Labute approximate surface area is 182 Å². The highest BCUT2D eigenvalue weighted by Gasteiger charge is 2.47. The molecule has 0 radical (unpaired) electrons. The predicted octanol–water partition coefficient (Wildman–Crippen LogP) is 4.09. The number of rotatable bonds is 5. The molecule has 2 saturated heterocycles. The zero-order valence-electron chi connectivity index (χ0n) is 17.2. The molecule has 2 aromatic rings. The zero-order chi connectivity index (χ0) is 20.5. The van der Waals surface area contributed by atoms with Gasteiger partial charge in [-0.1, -0.05) is 18.2 Å². The quantitative estimate of drug-likeness (QED) is 0.707. The van der Waals surface area contributed by atoms with Gasteiger partial charge in [0.2, 0.25) is 5.91 Å². The van der Waals surface area contributed by atoms with Gasteiger partial charge >= 0.3 is 0 Å². The summed E-state index contributed by atoms with van der Waals surface area (Å²) in [7, 11) is 3.79. The van der Waals surface area contributed by atoms with Crippen molar-refractivity contribution in [2.45, 2.75) is 18.9 Å². The van der Waals surface area contributed by atoms with E-state index >= 15 is 0 Å². The largest absolute Gasteiger partial charge is 0.497 e. The van der Waals surface area contributed by atoms with E-state index in [-0.39, 0.29) is 30.8 Å². The predicted molar refractivity (Wildman–Crippen MR) is 114 cm³/mol. The minimum Gasteiger partial charge on any atom is -0.497 e. The van der Waals surface area contributed by atoms with Crippen molar-refractivity contribution in [3.05, 3.63) is 65.2 Å². The highest BCUT2D eigenvalue weighted by Crippen LogP contribution is 2.44. The number of amides is 1. The van der Waals surface area contributed by atoms with Gasteiger partial charge in [-0.3, -0.25) is 9.69 Å². The summed E-state index contributed by atoms with van der Waals surface area (Å²) in [6.07, 6.45) is 0.531. The van der Waals surface area contributed by atoms with Crippen LogP contribution >= 0.6 is 12.4 Å². The summed E-state index contributed by atoms with van der Waals surface area (Å²) in [5.41, 5.74) is 1.62. The summed E-state index contributed by atoms with van der Waals surface area (Å²) >= 11 is 0. The number of fused-ring (bicyclic) bond motifs is 1. The Balaban J connectivity index is 0.00000256. The van der Waals surface area contributed by atoms with Crippen LogP contribution in [0.4, 0.5) is 8.78 Å². The van der Waals surface area contributed by atoms with Crippen molar-refractivity contribution < 1.29 is 18.3 Å². The van der Waals surface area contributed by atoms with Crippen LogP contribution in [0.2, 0.25) is 0 Å². The van der Waals surface area contributed by atoms with Crippen molar-refractivity contribution in [3.8, 4) is 5.75 Å². The molecule has 162 valence electrons. The Kier molecular flexibility index (Phi) is 6.98. The van der Waals surface area contributed by atoms with Crippen molar-refractivity contribution in [1.29, 1.82) is 0 Å². The van der Waals surface area contributed by atoms with Crippen LogP contribution in [0.3, 0.4) is 0 Å². The number of benzene rings is 2. The van der Waals surface area contributed by atoms with E-state index in [1.807, 2.05) is 17.0 Å². The number of carbonyl (C=O) groups is 1. The highest BCUT2D eigenvalue weighted by atomic mass is 35.5. The van der Waals surface area contributed by atoms with E-state index in [0.29, 0.717) is 23.8 Å². The molecule has 4 rings (SSSR count). The number of hydrogen-bond donors (Lipinski definition) is 0. The molecule has 2 aliphatic rings. The molecule has 0 N–H and O–H groups in total. The van der Waals surface area contributed by atoms with Crippen LogP contribution in [0, 0.1) is 23.5 Å². The van der Waals surface area contributed by atoms with Crippen molar-refractivity contribution in [2.24, 2.45) is 11.8 Å². The summed E-state index contributed by atoms with van der Waals surface area (Å²) < 4.78 is 32.1. The second-order valence-electron chi connectivity index (χ2n) is 8.12. The molecule has 3 atom stereocenters. The Bertz CT molecular complexity index is 893. The smallest absolute Gasteiger partial charge is 0.222 e. The van der Waals surface area contributed by atoms with Crippen molar-refractivity contribution in [2.75, 3.05) is 33.8 Å². The van der Waals surface area contributed by atoms with Crippen LogP contribution in [0.5, 0.6) is 5.75 Å². The molecule has 4 nitrogen and oxygen atoms in total. The van der Waals surface area contributed by atoms with Crippen molar-refractivity contribution >= 4 is 18.3 Å². The van der Waals surface area contributed by atoms with E-state index in [1.54, 1.807) is 7.11 Å². The SMILES string of the molecule is COc1ccc([C@H]2[C@@H]3CN(C(=O)CCc4ccc(F)cc4F)C[C@@H]3CN2C)cc1.Cl. The minimum atomic E-state index is -0.598. The van der Waals surface area contributed by atoms with Gasteiger partial charge in [-0.2, -0.15) is 0 Å². The normalized spacial score (nSPS) is 23.2. The maximum absolute atomic E-state index is 13.8. The first-order chi connectivity index (χ1) is 14.0. The maximum Gasteiger partial charge on any atom is 0.222 e. The summed E-state index contributed by atoms with van der Waals surface area (Å²) in [5.74, 6) is 0.524. The van der Waals surface area contributed by atoms with Gasteiger partial charge in [-0.05, 0) is 48.7 Å². The molecule has 0 unspecified atom stereocenters. The number of carbonyl (C=O) groups excluding carboxylic acids is 1. The second kappa shape index (κ2) is 9.31. The fraction of sp³-hybridized carbons (Fsp3) is 0.435. The maximum atomic E-state index is 13.8. The summed E-state index contributed by atoms with van der Waals surface area (Å²) in [4.78, 5) is 17.0. The van der Waals surface area contributed by atoms with E-state index in [9.17, 15) is 13.6 Å². The molecule has 0 bridgehead atoms. The molecule has 30 heavy (non-hydrogen) atoms. The highest BCUT2D eigenvalue weighted by molar-refractivity contribution is 5.85. The van der Waals surface area contributed by atoms with Gasteiger partial charge in [0.15, 0.2) is 0 Å². The number of nitrogens with zero attached hydrogens (tertiary/aromatic N) is 2. The molecule has 0 aliphatic carbocycles. The van der Waals surface area contributed by atoms with Crippen LogP contribution in [0.15, 0.2) is 42.5 Å². The molecule has 0 aromatic heterocycles. The van der Waals surface area contributed by atoms with Crippen molar-refractivity contribution in [1.82, 2.24) is 9.80 Å². The second-order valence-corrected chi connectivity index (χ2v) is 8.12. The van der Waals surface area contributed by atoms with E-state index in [4.69, 9.17) is 4.74 Å². The lowest BCUT2D eigenvalue weighted by Crippen LogP contribution is -2.33. The van der Waals surface area contributed by atoms with Gasteiger partial charge in [-0.15, -0.1) is 12.4 Å². The third kappa shape index (κ3) is 4.44. The van der Waals surface area contributed by atoms with Gasteiger partial charge in [0, 0.05) is 44.1 Å². The van der Waals surface area contributed by atoms with E-state index in [1.165, 1.54) is 17.7 Å². The van der Waals surface area contributed by atoms with E-state index in [2.05, 4.69) is 24.1 Å². The van der Waals surface area contributed by atoms with Crippen LogP contribution in [-0.4, -0.2) is 49.5 Å². The topological polar surface area (TPSA) is 32.8 Å². The van der Waals surface area contributed by atoms with E-state index < -0.39 is 11.6 Å². The minimum absolute atomic E-state index is 0. The van der Waals surface area contributed by atoms with Gasteiger partial charge in [0.05, 0.1) is 7.11 Å². The summed E-state index contributed by atoms with van der Waals surface area (Å²) in [6.45, 7) is 2.42. The Morgan fingerprint density at radius 1 is 1.10 bits per heavy atom. The molecular weight excluding hydrogens is 410 g/mol.